The van der Waals surface area contributed by atoms with Crippen LogP contribution in [0, 0.1) is 5.92 Å². The molecule has 3 fully saturated rings. The number of hydrogen-bond donors (Lipinski definition) is 3. The molecule has 61 heavy (non-hydrogen) atoms. The molecule has 5 heterocycles. The Morgan fingerprint density at radius 2 is 1.75 bits per heavy atom. The van der Waals surface area contributed by atoms with E-state index in [1.54, 1.807) is 39.1 Å². The van der Waals surface area contributed by atoms with Gasteiger partial charge in [-0.05, 0) is 102 Å². The average molecular weight is 865 g/mol. The third-order valence-corrected chi connectivity index (χ3v) is 13.7. The van der Waals surface area contributed by atoms with E-state index in [2.05, 4.69) is 20.5 Å². The Morgan fingerprint density at radius 3 is 2.44 bits per heavy atom. The van der Waals surface area contributed by atoms with E-state index in [1.807, 2.05) is 24.1 Å². The molecule has 3 N–H and O–H groups in total. The highest BCUT2D eigenvalue weighted by Gasteiger charge is 2.37. The van der Waals surface area contributed by atoms with E-state index >= 15 is 4.39 Å². The Kier molecular flexibility index (Phi) is 11.3. The number of para-hydroxylation sites is 1. The molecule has 18 heteroatoms. The number of imidazole rings is 1. The number of hydrogen-bond acceptors (Lipinski definition) is 10. The van der Waals surface area contributed by atoms with Gasteiger partial charge < -0.3 is 20.2 Å². The van der Waals surface area contributed by atoms with Crippen LogP contribution in [0.5, 0.6) is 0 Å². The highest BCUT2D eigenvalue weighted by molar-refractivity contribution is 7.18. The van der Waals surface area contributed by atoms with Crippen LogP contribution in [-0.4, -0.2) is 85.7 Å². The van der Waals surface area contributed by atoms with Gasteiger partial charge in [0, 0.05) is 49.8 Å². The number of alkyl halides is 4. The molecule has 2 saturated heterocycles. The normalized spacial score (nSPS) is 22.9. The molecule has 324 valence electrons. The van der Waals surface area contributed by atoms with Crippen molar-refractivity contribution in [2.24, 2.45) is 13.0 Å². The number of rotatable bonds is 9. The van der Waals surface area contributed by atoms with E-state index in [1.165, 1.54) is 26.5 Å². The minimum Gasteiger partial charge on any atom is -0.386 e. The van der Waals surface area contributed by atoms with Crippen molar-refractivity contribution >= 4 is 61.7 Å². The lowest BCUT2D eigenvalue weighted by Crippen LogP contribution is -2.52. The van der Waals surface area contributed by atoms with Gasteiger partial charge >= 0.3 is 11.9 Å². The second kappa shape index (κ2) is 16.2. The summed E-state index contributed by atoms with van der Waals surface area (Å²) in [6, 6.07) is 10.9. The summed E-state index contributed by atoms with van der Waals surface area (Å²) in [4.78, 5) is 63.6. The first-order valence-electron chi connectivity index (χ1n) is 20.5. The monoisotopic (exact) mass is 864 g/mol. The van der Waals surface area contributed by atoms with Crippen LogP contribution >= 0.6 is 11.3 Å². The van der Waals surface area contributed by atoms with Gasteiger partial charge in [-0.1, -0.05) is 12.1 Å². The lowest BCUT2D eigenvalue weighted by molar-refractivity contribution is -0.141. The second-order valence-electron chi connectivity index (χ2n) is 17.1. The molecule has 8 rings (SSSR count). The molecule has 3 aliphatic rings. The molecule has 3 atom stereocenters. The van der Waals surface area contributed by atoms with Crippen molar-refractivity contribution in [1.29, 1.82) is 0 Å². The van der Waals surface area contributed by atoms with E-state index < -0.39 is 47.2 Å². The fourth-order valence-corrected chi connectivity index (χ4v) is 10.5. The number of anilines is 2. The van der Waals surface area contributed by atoms with Crippen LogP contribution < -0.4 is 21.2 Å². The summed E-state index contributed by atoms with van der Waals surface area (Å²) in [6.07, 6.45) is -1.26. The van der Waals surface area contributed by atoms with Crippen molar-refractivity contribution in [1.82, 2.24) is 29.3 Å². The fraction of sp³-hybridized carbons (Fsp3) is 0.488. The van der Waals surface area contributed by atoms with E-state index in [4.69, 9.17) is 4.98 Å². The zero-order valence-corrected chi connectivity index (χ0v) is 35.1. The van der Waals surface area contributed by atoms with E-state index in [0.29, 0.717) is 41.0 Å². The SMILES string of the molecule is CN(CC1CCC(c2nc3cc(C(C)(C)O)c(NC(=O)c4cccc(C(F)(F)F)n4)cc3s2)CC1)[C@H]1CCN(c2cccc3c2n(C)c(=O)n3C2CCC(=O)NC2=O)C[C@H]1F. The van der Waals surface area contributed by atoms with Gasteiger partial charge in [-0.3, -0.25) is 28.8 Å². The van der Waals surface area contributed by atoms with Crippen LogP contribution in [0.1, 0.15) is 97.5 Å². The molecule has 0 radical (unpaired) electrons. The molecule has 2 aliphatic heterocycles. The molecule has 13 nitrogen and oxygen atoms in total. The fourth-order valence-electron chi connectivity index (χ4n) is 9.33. The highest BCUT2D eigenvalue weighted by atomic mass is 32.1. The molecule has 1 aliphatic carbocycles. The maximum absolute atomic E-state index is 16.2. The maximum atomic E-state index is 16.2. The van der Waals surface area contributed by atoms with Crippen LogP contribution in [0.4, 0.5) is 28.9 Å². The molecule has 3 aromatic heterocycles. The summed E-state index contributed by atoms with van der Waals surface area (Å²) >= 11 is 1.49. The van der Waals surface area contributed by atoms with Crippen molar-refractivity contribution in [3.63, 3.8) is 0 Å². The van der Waals surface area contributed by atoms with Crippen molar-refractivity contribution in [2.45, 2.75) is 94.7 Å². The minimum absolute atomic E-state index is 0.142. The summed E-state index contributed by atoms with van der Waals surface area (Å²) in [7, 11) is 3.63. The number of aromatic nitrogens is 4. The standard InChI is InChI=1S/C43H48F4N8O5S/c1-42(2,60)25-19-29-34(20-28(25)49-38(57)27-7-5-10-35(48-27)43(45,46)47)61-40(50-29)24-13-11-23(12-14-24)21-52(3)30-17-18-54(22-26(30)44)31-8-6-9-32-37(31)53(4)41(59)55(32)33-15-16-36(56)51-39(33)58/h5-10,19-20,23-24,26,30,33,60H,11-18,21-22H2,1-4H3,(H,49,57)(H,51,56,58)/t23?,24?,26-,30+,33?/m1/s1. The Hall–Kier alpha value is -5.20. The second-order valence-corrected chi connectivity index (χ2v) is 18.2. The number of nitrogens with zero attached hydrogens (tertiary/aromatic N) is 6. The number of imide groups is 1. The number of carbonyl (C=O) groups excluding carboxylic acids is 3. The number of halogens is 4. The van der Waals surface area contributed by atoms with Crippen molar-refractivity contribution in [3.05, 3.63) is 81.0 Å². The van der Waals surface area contributed by atoms with Crippen LogP contribution in [0.15, 0.2) is 53.3 Å². The summed E-state index contributed by atoms with van der Waals surface area (Å²) in [5.74, 6) is -1.14. The number of nitrogens with one attached hydrogen (secondary N) is 2. The van der Waals surface area contributed by atoms with Crippen molar-refractivity contribution in [3.8, 4) is 0 Å². The number of amides is 3. The van der Waals surface area contributed by atoms with E-state index in [-0.39, 0.29) is 48.6 Å². The lowest BCUT2D eigenvalue weighted by Gasteiger charge is -2.42. The third kappa shape index (κ3) is 8.41. The van der Waals surface area contributed by atoms with Gasteiger partial charge in [0.05, 0.1) is 44.1 Å². The first-order chi connectivity index (χ1) is 28.9. The van der Waals surface area contributed by atoms with Crippen LogP contribution in [-0.2, 0) is 28.4 Å². The Morgan fingerprint density at radius 1 is 1.02 bits per heavy atom. The summed E-state index contributed by atoms with van der Waals surface area (Å²) < 4.78 is 59.7. The predicted molar refractivity (Wildman–Crippen MR) is 223 cm³/mol. The number of aryl methyl sites for hydroxylation is 1. The number of piperidine rings is 2. The largest absolute Gasteiger partial charge is 0.433 e. The molecule has 1 saturated carbocycles. The number of benzene rings is 2. The number of fused-ring (bicyclic) bond motifs is 2. The Bertz CT molecular complexity index is 2570. The Balaban J connectivity index is 0.900. The number of aliphatic hydroxyl groups is 1. The van der Waals surface area contributed by atoms with E-state index in [0.717, 1.165) is 59.8 Å². The highest BCUT2D eigenvalue weighted by Crippen LogP contribution is 2.42. The lowest BCUT2D eigenvalue weighted by atomic mass is 9.81. The number of pyridine rings is 1. The first-order valence-corrected chi connectivity index (χ1v) is 21.3. The third-order valence-electron chi connectivity index (χ3n) is 12.5. The zero-order valence-electron chi connectivity index (χ0n) is 34.3. The average Bonchev–Trinajstić information content (AvgIpc) is 3.74. The smallest absolute Gasteiger partial charge is 0.386 e. The Labute approximate surface area is 352 Å². The zero-order chi connectivity index (χ0) is 43.5. The summed E-state index contributed by atoms with van der Waals surface area (Å²) in [5.41, 5.74) is -0.153. The van der Waals surface area contributed by atoms with Crippen LogP contribution in [0.2, 0.25) is 0 Å². The molecule has 3 amide bonds. The van der Waals surface area contributed by atoms with Gasteiger partial charge in [0.1, 0.15) is 23.6 Å². The molecular weight excluding hydrogens is 817 g/mol. The summed E-state index contributed by atoms with van der Waals surface area (Å²) in [6.45, 7) is 4.60. The van der Waals surface area contributed by atoms with Gasteiger partial charge in [0.2, 0.25) is 11.8 Å². The predicted octanol–water partition coefficient (Wildman–Crippen LogP) is 6.64. The summed E-state index contributed by atoms with van der Waals surface area (Å²) in [5, 5.41) is 16.9. The molecular formula is C43H48F4N8O5S. The van der Waals surface area contributed by atoms with Gasteiger partial charge in [0.25, 0.3) is 5.91 Å². The molecule has 0 spiro atoms. The number of carbonyl (C=O) groups is 3. The van der Waals surface area contributed by atoms with Crippen molar-refractivity contribution in [2.75, 3.05) is 36.9 Å². The van der Waals surface area contributed by atoms with E-state index in [9.17, 15) is 37.5 Å². The molecule has 0 bridgehead atoms. The van der Waals surface area contributed by atoms with Gasteiger partial charge in [0.15, 0.2) is 0 Å². The van der Waals surface area contributed by atoms with Crippen LogP contribution in [0.3, 0.4) is 0 Å². The quantitative estimate of drug-likeness (QED) is 0.109. The maximum Gasteiger partial charge on any atom is 0.433 e. The first kappa shape index (κ1) is 42.5. The molecule has 5 aromatic rings. The molecule has 1 unspecified atom stereocenters. The van der Waals surface area contributed by atoms with Gasteiger partial charge in [-0.2, -0.15) is 13.2 Å². The minimum atomic E-state index is -4.71. The van der Waals surface area contributed by atoms with Gasteiger partial charge in [-0.15, -0.1) is 11.3 Å². The molecule has 2 aromatic carbocycles. The topological polar surface area (TPSA) is 155 Å². The van der Waals surface area contributed by atoms with Crippen molar-refractivity contribution < 1.29 is 37.1 Å². The van der Waals surface area contributed by atoms with Gasteiger partial charge in [-0.25, -0.2) is 19.2 Å². The van der Waals surface area contributed by atoms with Crippen LogP contribution in [0.25, 0.3) is 21.3 Å². The number of thiazole rings is 1.